The van der Waals surface area contributed by atoms with Gasteiger partial charge in [0.15, 0.2) is 25.5 Å². The molecule has 9 aromatic heterocycles. The minimum absolute atomic E-state index is 0.00543. The Morgan fingerprint density at radius 3 is 1.81 bits per heavy atom. The van der Waals surface area contributed by atoms with Crippen molar-refractivity contribution in [1.29, 1.82) is 0 Å². The molecule has 4 saturated heterocycles. The van der Waals surface area contributed by atoms with Crippen LogP contribution in [0, 0.1) is 12.8 Å². The molecule has 2 unspecified atom stereocenters. The molecule has 13 heterocycles. The van der Waals surface area contributed by atoms with Crippen LogP contribution in [0.15, 0.2) is 188 Å². The van der Waals surface area contributed by atoms with Crippen molar-refractivity contribution in [2.24, 2.45) is 13.0 Å². The predicted molar refractivity (Wildman–Crippen MR) is 529 cm³/mol. The number of aromatic nitrogens is 14. The number of ketones is 1. The fourth-order valence-corrected chi connectivity index (χ4v) is 22.7. The average Bonchev–Trinajstić information content (AvgIpc) is 1.60. The van der Waals surface area contributed by atoms with Crippen LogP contribution in [-0.2, 0) is 72.8 Å². The number of aryl methyl sites for hydroxylation is 2. The second-order valence-corrected chi connectivity index (χ2v) is 41.8. The number of hydrogen-bond acceptors (Lipinski definition) is 30. The van der Waals surface area contributed by atoms with E-state index in [-0.39, 0.29) is 116 Å². The van der Waals surface area contributed by atoms with Gasteiger partial charge in [0, 0.05) is 218 Å². The number of nitrogens with one attached hydrogen (secondary N) is 7. The van der Waals surface area contributed by atoms with Gasteiger partial charge in [0.2, 0.25) is 17.8 Å². The minimum Gasteiger partial charge on any atom is -0.384 e. The summed E-state index contributed by atoms with van der Waals surface area (Å²) in [6, 6.07) is 34.4. The molecule has 13 aromatic rings. The number of benzene rings is 4. The summed E-state index contributed by atoms with van der Waals surface area (Å²) in [6.45, 7) is 18.3. The number of carbonyl (C=O) groups excluding carboxylic acids is 1. The zero-order chi connectivity index (χ0) is 97.1. The topological polar surface area (TPSA) is 411 Å². The Morgan fingerprint density at radius 2 is 1.20 bits per heavy atom. The summed E-state index contributed by atoms with van der Waals surface area (Å²) in [4.78, 5) is 92.1. The zero-order valence-electron chi connectivity index (χ0n) is 77.7. The standard InChI is InChI=1S/C33H41F3N8O3S.C32H33ClN8O4S.C32H37N7O4S/c1-4-21(5-2)25-16-22-18-38-32(39-23-10-11-28(26(17-23)33(34,35)36)43-14-12-37-13-15-43)40-30(22)44(31(25)45)19-27-29(20-42(3)41-27)48(46,47)24-8-6-7-9-24;1-20-3-8-26(28(33)13-20)27-14-21-15-35-32(39-24-6-4-23(5-7-24)38-25-9-10-34-17-25)40-30(21)41(31(27)42)19-22-16-36-37-18-29(22)46(43,44)12-11-45-2;1-21(2)44(42)30-23(4-3-11-34-30)20-39-29-24(18-27(31(39)41)28(40)22-9-16-43-17-10-22)19-35-32(37-29)36-25-5-7-26(8-6-25)38-14-12-33-13-15-38/h10-11,16-18,20-21,24,37H,4-9,12-15,19H2,1-3H3,(H,38,39,40);3-8,13-16,18,25,34,38H,9-12,17,19H2,1-2H3,(H,35,39,40);3-8,11,18-19,21-22,33H,9-10,12-17,20H2,1-2H3,(H,35,36,37). The molecule has 726 valence electrons. The first-order valence-electron chi connectivity index (χ1n) is 46.3. The molecule has 5 fully saturated rings. The van der Waals surface area contributed by atoms with Crippen LogP contribution >= 0.6 is 11.6 Å². The van der Waals surface area contributed by atoms with Crippen LogP contribution in [-0.4, -0.2) is 210 Å². The number of sulfone groups is 2. The van der Waals surface area contributed by atoms with Crippen molar-refractivity contribution in [2.75, 3.05) is 129 Å². The monoisotopic (exact) mass is 1960 g/mol. The third-order valence-electron chi connectivity index (χ3n) is 25.4. The van der Waals surface area contributed by atoms with Crippen LogP contribution in [0.5, 0.6) is 0 Å². The van der Waals surface area contributed by atoms with Crippen molar-refractivity contribution >= 4 is 133 Å². The zero-order valence-corrected chi connectivity index (χ0v) is 80.9. The maximum Gasteiger partial charge on any atom is 0.418 e. The summed E-state index contributed by atoms with van der Waals surface area (Å²) in [5, 5.41) is 36.8. The van der Waals surface area contributed by atoms with Crippen molar-refractivity contribution in [3.05, 3.63) is 234 Å². The Balaban J connectivity index is 0.000000150. The summed E-state index contributed by atoms with van der Waals surface area (Å²) in [5.74, 6) is -0.197. The first kappa shape index (κ1) is 98.6. The summed E-state index contributed by atoms with van der Waals surface area (Å²) in [6.07, 6.45) is 12.3. The van der Waals surface area contributed by atoms with Crippen LogP contribution < -0.4 is 63.7 Å². The smallest absolute Gasteiger partial charge is 0.384 e. The molecule has 5 aliphatic rings. The second kappa shape index (κ2) is 43.7. The number of carbonyl (C=O) groups is 1. The summed E-state index contributed by atoms with van der Waals surface area (Å²) in [5.41, 5.74) is 6.57. The first-order valence-corrected chi connectivity index (χ1v) is 51.1. The van der Waals surface area contributed by atoms with Crippen LogP contribution in [0.2, 0.25) is 5.02 Å². The maximum atomic E-state index is 14.2. The van der Waals surface area contributed by atoms with Crippen LogP contribution in [0.3, 0.4) is 0 Å². The van der Waals surface area contributed by atoms with Gasteiger partial charge in [-0.1, -0.05) is 70.3 Å². The van der Waals surface area contributed by atoms with E-state index in [4.69, 9.17) is 31.0 Å². The largest absolute Gasteiger partial charge is 0.418 e. The second-order valence-electron chi connectivity index (χ2n) is 35.2. The number of halogens is 4. The number of hydrogen-bond donors (Lipinski definition) is 7. The van der Waals surface area contributed by atoms with Crippen LogP contribution in [0.25, 0.3) is 44.2 Å². The molecular formula is C97H111ClF3N23O11S3. The van der Waals surface area contributed by atoms with Gasteiger partial charge >= 0.3 is 6.18 Å². The first-order chi connectivity index (χ1) is 66.5. The molecule has 0 radical (unpaired) electrons. The fourth-order valence-electron chi connectivity index (χ4n) is 18.0. The van der Waals surface area contributed by atoms with Gasteiger partial charge in [-0.2, -0.15) is 43.4 Å². The fraction of sp³-hybridized carbons (Fsp3) is 0.402. The van der Waals surface area contributed by atoms with Gasteiger partial charge in [-0.15, -0.1) is 0 Å². The number of anilines is 9. The van der Waals surface area contributed by atoms with Gasteiger partial charge < -0.3 is 56.5 Å². The van der Waals surface area contributed by atoms with E-state index in [2.05, 4.69) is 94.5 Å². The van der Waals surface area contributed by atoms with Crippen molar-refractivity contribution in [1.82, 2.24) is 84.5 Å². The maximum absolute atomic E-state index is 14.2. The Hall–Kier alpha value is -12.4. The molecule has 4 aromatic carbocycles. The van der Waals surface area contributed by atoms with Crippen molar-refractivity contribution in [2.45, 2.75) is 155 Å². The summed E-state index contributed by atoms with van der Waals surface area (Å²) >= 11 is 6.60. The predicted octanol–water partition coefficient (Wildman–Crippen LogP) is 13.1. The molecule has 1 aliphatic carbocycles. The Kier molecular flexibility index (Phi) is 31.3. The molecule has 4 aliphatic heterocycles. The Labute approximate surface area is 803 Å². The summed E-state index contributed by atoms with van der Waals surface area (Å²) < 4.78 is 126. The van der Waals surface area contributed by atoms with E-state index in [1.807, 2.05) is 83.1 Å². The van der Waals surface area contributed by atoms with E-state index < -0.39 is 58.6 Å². The number of methoxy groups -OCH3 is 1. The van der Waals surface area contributed by atoms with Crippen LogP contribution in [0.4, 0.5) is 65.1 Å². The lowest BCUT2D eigenvalue weighted by Crippen LogP contribution is -2.44. The normalized spacial score (nSPS) is 16.0. The van der Waals surface area contributed by atoms with Gasteiger partial charge in [0.25, 0.3) is 16.7 Å². The Morgan fingerprint density at radius 1 is 0.623 bits per heavy atom. The van der Waals surface area contributed by atoms with Gasteiger partial charge in [-0.3, -0.25) is 41.8 Å². The van der Waals surface area contributed by atoms with Gasteiger partial charge in [-0.25, -0.2) is 36.8 Å². The lowest BCUT2D eigenvalue weighted by Gasteiger charge is -2.31. The summed E-state index contributed by atoms with van der Waals surface area (Å²) in [7, 11) is -5.78. The minimum atomic E-state index is -4.59. The molecule has 7 N–H and O–H groups in total. The number of nitrogens with zero attached hydrogens (tertiary/aromatic N) is 16. The van der Waals surface area contributed by atoms with E-state index in [1.165, 1.54) is 56.3 Å². The molecule has 1 saturated carbocycles. The molecule has 138 heavy (non-hydrogen) atoms. The van der Waals surface area contributed by atoms with Crippen LogP contribution in [0.1, 0.15) is 135 Å². The average molecular weight is 1960 g/mol. The number of alkyl halides is 3. The number of rotatable bonds is 30. The SMILES string of the molecule is CC(C)S(=O)c1ncccc1Cn1c(=O)c(C(=O)C2CCOCC2)cc2cnc(Nc3ccc(N4CCNCC4)cc3)nc21.CCC(CC)c1cc2cnc(Nc3ccc(N4CCNCC4)c(C(F)(F)F)c3)nc2n(Cc2nn(C)cc2S(=O)(=O)C2CCCC2)c1=O.COCCS(=O)(=O)c1cnncc1Cn1c(=O)c(-c2ccc(C)cc2Cl)cc2cnc(Nc3ccc(NC4CCNC4)cc3)nc21. The highest BCUT2D eigenvalue weighted by Gasteiger charge is 2.38. The molecule has 34 nitrogen and oxygen atoms in total. The lowest BCUT2D eigenvalue weighted by atomic mass is 9.91. The third-order valence-corrected chi connectivity index (χ3v) is 31.4. The lowest BCUT2D eigenvalue weighted by molar-refractivity contribution is -0.137. The number of fused-ring (bicyclic) bond motifs is 3. The quantitative estimate of drug-likeness (QED) is 0.0206. The Bertz CT molecular complexity index is 7070. The molecule has 2 atom stereocenters. The van der Waals surface area contributed by atoms with Crippen molar-refractivity contribution in [3.63, 3.8) is 0 Å². The molecule has 0 spiro atoms. The highest BCUT2D eigenvalue weighted by Crippen LogP contribution is 2.41. The third kappa shape index (κ3) is 22.8. The molecule has 18 rings (SSSR count). The van der Waals surface area contributed by atoms with Gasteiger partial charge in [-0.05, 0) is 167 Å². The number of pyridine rings is 4. The number of piperazine rings is 2. The van der Waals surface area contributed by atoms with Crippen molar-refractivity contribution in [3.8, 4) is 11.1 Å². The van der Waals surface area contributed by atoms with Gasteiger partial charge in [0.05, 0.1) is 76.5 Å². The molecule has 0 bridgehead atoms. The van der Waals surface area contributed by atoms with Crippen molar-refractivity contribution < 1.29 is 48.5 Å². The van der Waals surface area contributed by atoms with E-state index in [0.717, 1.165) is 92.9 Å². The number of ether oxygens (including phenoxy) is 2. The van der Waals surface area contributed by atoms with Gasteiger partial charge in [0.1, 0.15) is 32.6 Å². The molecular weight excluding hydrogens is 1850 g/mol. The highest BCUT2D eigenvalue weighted by molar-refractivity contribution is 7.92. The van der Waals surface area contributed by atoms with E-state index in [0.29, 0.717) is 150 Å². The van der Waals surface area contributed by atoms with E-state index in [1.54, 1.807) is 73.0 Å². The van der Waals surface area contributed by atoms with E-state index >= 15 is 0 Å². The molecule has 0 amide bonds. The highest BCUT2D eigenvalue weighted by atomic mass is 35.5. The number of Topliss-reactive ketones (excluding diaryl/α,β-unsaturated/α-hetero) is 1. The van der Waals surface area contributed by atoms with E-state index in [9.17, 15) is 53.4 Å². The molecule has 41 heteroatoms.